The lowest BCUT2D eigenvalue weighted by Gasteiger charge is -2.09. The molecule has 2 N–H and O–H groups in total. The van der Waals surface area contributed by atoms with Gasteiger partial charge < -0.3 is 15.4 Å². The van der Waals surface area contributed by atoms with E-state index in [1.807, 2.05) is 35.1 Å². The molecule has 1 fully saturated rings. The van der Waals surface area contributed by atoms with Gasteiger partial charge in [-0.15, -0.1) is 0 Å². The number of benzene rings is 1. The number of hydrogen-bond donors (Lipinski definition) is 2. The van der Waals surface area contributed by atoms with Crippen molar-refractivity contribution in [1.82, 2.24) is 20.4 Å². The van der Waals surface area contributed by atoms with Gasteiger partial charge in [0.25, 0.3) is 0 Å². The van der Waals surface area contributed by atoms with E-state index in [0.717, 1.165) is 25.1 Å². The molecule has 1 aromatic carbocycles. The summed E-state index contributed by atoms with van der Waals surface area (Å²) in [5.74, 6) is 1.24. The molecule has 1 saturated carbocycles. The zero-order chi connectivity index (χ0) is 16.1. The lowest BCUT2D eigenvalue weighted by molar-refractivity contribution is 0.240. The van der Waals surface area contributed by atoms with Crippen LogP contribution in [0.4, 0.5) is 4.79 Å². The summed E-state index contributed by atoms with van der Waals surface area (Å²) in [6, 6.07) is 9.96. The van der Waals surface area contributed by atoms with Crippen LogP contribution >= 0.6 is 0 Å². The maximum atomic E-state index is 11.9. The Morgan fingerprint density at radius 3 is 3.04 bits per heavy atom. The van der Waals surface area contributed by atoms with Crippen molar-refractivity contribution in [2.45, 2.75) is 31.3 Å². The van der Waals surface area contributed by atoms with Gasteiger partial charge in [-0.2, -0.15) is 5.10 Å². The summed E-state index contributed by atoms with van der Waals surface area (Å²) in [4.78, 5) is 11.9. The molecule has 1 aliphatic rings. The second kappa shape index (κ2) is 7.17. The number of nitrogens with one attached hydrogen (secondary N) is 2. The van der Waals surface area contributed by atoms with Gasteiger partial charge in [-0.25, -0.2) is 4.79 Å². The number of methoxy groups -OCH3 is 1. The number of amides is 2. The number of urea groups is 1. The van der Waals surface area contributed by atoms with E-state index in [0.29, 0.717) is 12.5 Å². The molecule has 0 unspecified atom stereocenters. The molecule has 6 nitrogen and oxygen atoms in total. The fourth-order valence-electron chi connectivity index (χ4n) is 2.77. The largest absolute Gasteiger partial charge is 0.496 e. The number of aryl methyl sites for hydroxylation is 1. The average Bonchev–Trinajstić information content (AvgIpc) is 3.12. The number of hydrogen-bond acceptors (Lipinski definition) is 3. The standard InChI is InChI=1S/C17H22N4O2/c1-23-16-7-3-2-6-13(16)14-12-15(14)20-17(22)18-8-4-10-21-11-5-9-19-21/h2-3,5-7,9,11,14-15H,4,8,10,12H2,1H3,(H2,18,20,22)/t14-,15-/m1/s1. The minimum Gasteiger partial charge on any atom is -0.496 e. The molecule has 2 aromatic rings. The van der Waals surface area contributed by atoms with Gasteiger partial charge in [0.2, 0.25) is 0 Å². The van der Waals surface area contributed by atoms with E-state index in [2.05, 4.69) is 21.8 Å². The molecule has 1 aliphatic carbocycles. The smallest absolute Gasteiger partial charge is 0.315 e. The molecule has 0 aliphatic heterocycles. The molecule has 0 bridgehead atoms. The van der Waals surface area contributed by atoms with Crippen molar-refractivity contribution < 1.29 is 9.53 Å². The van der Waals surface area contributed by atoms with Crippen molar-refractivity contribution in [3.63, 3.8) is 0 Å². The molecular weight excluding hydrogens is 292 g/mol. The van der Waals surface area contributed by atoms with E-state index >= 15 is 0 Å². The Bertz CT molecular complexity index is 642. The van der Waals surface area contributed by atoms with Crippen molar-refractivity contribution in [2.75, 3.05) is 13.7 Å². The Morgan fingerprint density at radius 1 is 1.39 bits per heavy atom. The number of rotatable bonds is 7. The molecule has 0 radical (unpaired) electrons. The van der Waals surface area contributed by atoms with Crippen LogP contribution in [0.3, 0.4) is 0 Å². The van der Waals surface area contributed by atoms with Crippen LogP contribution in [0.1, 0.15) is 24.3 Å². The van der Waals surface area contributed by atoms with Crippen LogP contribution in [0.15, 0.2) is 42.7 Å². The highest BCUT2D eigenvalue weighted by molar-refractivity contribution is 5.75. The summed E-state index contributed by atoms with van der Waals surface area (Å²) in [7, 11) is 1.68. The van der Waals surface area contributed by atoms with E-state index in [-0.39, 0.29) is 12.1 Å². The van der Waals surface area contributed by atoms with E-state index in [9.17, 15) is 4.79 Å². The predicted molar refractivity (Wildman–Crippen MR) is 87.5 cm³/mol. The first-order valence-corrected chi connectivity index (χ1v) is 7.92. The van der Waals surface area contributed by atoms with Crippen molar-refractivity contribution in [3.05, 3.63) is 48.3 Å². The third-order valence-electron chi connectivity index (χ3n) is 4.05. The highest BCUT2D eigenvalue weighted by Gasteiger charge is 2.41. The maximum absolute atomic E-state index is 11.9. The lowest BCUT2D eigenvalue weighted by atomic mass is 10.1. The molecule has 0 spiro atoms. The van der Waals surface area contributed by atoms with E-state index < -0.39 is 0 Å². The van der Waals surface area contributed by atoms with Crippen molar-refractivity contribution in [1.29, 1.82) is 0 Å². The summed E-state index contributed by atoms with van der Waals surface area (Å²) in [5, 5.41) is 10.0. The minimum atomic E-state index is -0.104. The molecule has 1 heterocycles. The minimum absolute atomic E-state index is 0.104. The van der Waals surface area contributed by atoms with Crippen molar-refractivity contribution >= 4 is 6.03 Å². The van der Waals surface area contributed by atoms with Crippen LogP contribution in [-0.4, -0.2) is 35.5 Å². The van der Waals surface area contributed by atoms with Gasteiger partial charge >= 0.3 is 6.03 Å². The molecule has 2 atom stereocenters. The van der Waals surface area contributed by atoms with Crippen molar-refractivity contribution in [2.24, 2.45) is 0 Å². The van der Waals surface area contributed by atoms with Crippen LogP contribution in [0.2, 0.25) is 0 Å². The fourth-order valence-corrected chi connectivity index (χ4v) is 2.77. The Labute approximate surface area is 135 Å². The van der Waals surface area contributed by atoms with E-state index in [4.69, 9.17) is 4.74 Å². The Hall–Kier alpha value is -2.50. The number of ether oxygens (including phenoxy) is 1. The SMILES string of the molecule is COc1ccccc1[C@H]1C[C@H]1NC(=O)NCCCn1cccn1. The van der Waals surface area contributed by atoms with Gasteiger partial charge in [-0.1, -0.05) is 18.2 Å². The topological polar surface area (TPSA) is 68.2 Å². The highest BCUT2D eigenvalue weighted by Crippen LogP contribution is 2.44. The second-order valence-corrected chi connectivity index (χ2v) is 5.71. The summed E-state index contributed by atoms with van der Waals surface area (Å²) in [6.07, 6.45) is 5.49. The third-order valence-corrected chi connectivity index (χ3v) is 4.05. The van der Waals surface area contributed by atoms with Gasteiger partial charge in [-0.3, -0.25) is 4.68 Å². The maximum Gasteiger partial charge on any atom is 0.315 e. The quantitative estimate of drug-likeness (QED) is 0.769. The lowest BCUT2D eigenvalue weighted by Crippen LogP contribution is -2.38. The van der Waals surface area contributed by atoms with Crippen LogP contribution < -0.4 is 15.4 Å². The van der Waals surface area contributed by atoms with Gasteiger partial charge in [0, 0.05) is 37.4 Å². The van der Waals surface area contributed by atoms with E-state index in [1.165, 1.54) is 5.56 Å². The highest BCUT2D eigenvalue weighted by atomic mass is 16.5. The molecule has 6 heteroatoms. The molecule has 3 rings (SSSR count). The normalized spacial score (nSPS) is 19.2. The number of para-hydroxylation sites is 1. The zero-order valence-electron chi connectivity index (χ0n) is 13.2. The van der Waals surface area contributed by atoms with Crippen LogP contribution in [0.25, 0.3) is 0 Å². The molecule has 0 saturated heterocycles. The summed E-state index contributed by atoms with van der Waals surface area (Å²) in [6.45, 7) is 1.44. The van der Waals surface area contributed by atoms with Crippen LogP contribution in [-0.2, 0) is 6.54 Å². The number of carbonyl (C=O) groups excluding carboxylic acids is 1. The predicted octanol–water partition coefficient (Wildman–Crippen LogP) is 2.14. The first kappa shape index (κ1) is 15.4. The molecule has 122 valence electrons. The van der Waals surface area contributed by atoms with Gasteiger partial charge in [0.05, 0.1) is 7.11 Å². The number of carbonyl (C=O) groups is 1. The summed E-state index contributed by atoms with van der Waals surface area (Å²) in [5.41, 5.74) is 1.17. The van der Waals surface area contributed by atoms with Crippen LogP contribution in [0, 0.1) is 0 Å². The Morgan fingerprint density at radius 2 is 2.26 bits per heavy atom. The molecule has 23 heavy (non-hydrogen) atoms. The first-order chi connectivity index (χ1) is 11.3. The molecule has 1 aromatic heterocycles. The fraction of sp³-hybridized carbons (Fsp3) is 0.412. The zero-order valence-corrected chi connectivity index (χ0v) is 13.2. The second-order valence-electron chi connectivity index (χ2n) is 5.71. The van der Waals surface area contributed by atoms with Gasteiger partial charge in [-0.05, 0) is 30.5 Å². The number of nitrogens with zero attached hydrogens (tertiary/aromatic N) is 2. The average molecular weight is 314 g/mol. The Balaban J connectivity index is 1.38. The molecule has 2 amide bonds. The number of aromatic nitrogens is 2. The van der Waals surface area contributed by atoms with E-state index in [1.54, 1.807) is 13.3 Å². The molecular formula is C17H22N4O2. The summed E-state index contributed by atoms with van der Waals surface area (Å²) < 4.78 is 7.24. The summed E-state index contributed by atoms with van der Waals surface area (Å²) >= 11 is 0. The third kappa shape index (κ3) is 4.03. The van der Waals surface area contributed by atoms with Gasteiger partial charge in [0.15, 0.2) is 0 Å². The van der Waals surface area contributed by atoms with Crippen molar-refractivity contribution in [3.8, 4) is 5.75 Å². The first-order valence-electron chi connectivity index (χ1n) is 7.92. The monoisotopic (exact) mass is 314 g/mol. The Kier molecular flexibility index (Phi) is 4.80. The van der Waals surface area contributed by atoms with Crippen LogP contribution in [0.5, 0.6) is 5.75 Å². The van der Waals surface area contributed by atoms with Gasteiger partial charge in [0.1, 0.15) is 5.75 Å².